The van der Waals surface area contributed by atoms with E-state index in [9.17, 15) is 5.11 Å². The van der Waals surface area contributed by atoms with Crippen LogP contribution in [0.2, 0.25) is 0 Å². The molecule has 5 heteroatoms. The summed E-state index contributed by atoms with van der Waals surface area (Å²) in [4.78, 5) is 5.41. The third-order valence-electron chi connectivity index (χ3n) is 2.99. The first-order valence-electron chi connectivity index (χ1n) is 6.29. The van der Waals surface area contributed by atoms with Crippen LogP contribution in [0.1, 0.15) is 24.4 Å². The van der Waals surface area contributed by atoms with E-state index < -0.39 is 5.60 Å². The lowest BCUT2D eigenvalue weighted by Crippen LogP contribution is -2.14. The van der Waals surface area contributed by atoms with Crippen molar-refractivity contribution >= 4 is 11.3 Å². The lowest BCUT2D eigenvalue weighted by molar-refractivity contribution is 0.0817. The van der Waals surface area contributed by atoms with Gasteiger partial charge in [0, 0.05) is 0 Å². The number of aryl methyl sites for hydroxylation is 1. The van der Waals surface area contributed by atoms with Crippen LogP contribution >= 0.6 is 11.3 Å². The topological polar surface area (TPSA) is 51.6 Å². The van der Waals surface area contributed by atoms with Gasteiger partial charge in [-0.15, -0.1) is 11.3 Å². The molecule has 1 N–H and O–H groups in total. The summed E-state index contributed by atoms with van der Waals surface area (Å²) in [5.74, 6) is 1.49. The van der Waals surface area contributed by atoms with Gasteiger partial charge in [0.1, 0.15) is 16.5 Å². The van der Waals surface area contributed by atoms with Crippen molar-refractivity contribution in [3.05, 3.63) is 28.8 Å². The summed E-state index contributed by atoms with van der Waals surface area (Å²) < 4.78 is 10.6. The largest absolute Gasteiger partial charge is 0.497 e. The van der Waals surface area contributed by atoms with Crippen LogP contribution in [0, 0.1) is 6.92 Å². The van der Waals surface area contributed by atoms with Crippen LogP contribution in [-0.2, 0) is 5.60 Å². The minimum atomic E-state index is -0.897. The molecule has 20 heavy (non-hydrogen) atoms. The van der Waals surface area contributed by atoms with Gasteiger partial charge in [-0.3, -0.25) is 0 Å². The van der Waals surface area contributed by atoms with Gasteiger partial charge in [-0.1, -0.05) is 0 Å². The van der Waals surface area contributed by atoms with Crippen molar-refractivity contribution < 1.29 is 14.6 Å². The third-order valence-corrected chi connectivity index (χ3v) is 4.49. The standard InChI is InChI=1S/C15H19NO3S/c1-9-13(15(2,3)17)20-14(16-9)11-8-10(18-4)6-7-12(11)19-5/h6-8,17H,1-5H3. The van der Waals surface area contributed by atoms with E-state index in [0.29, 0.717) is 0 Å². The van der Waals surface area contributed by atoms with E-state index in [4.69, 9.17) is 9.47 Å². The number of aliphatic hydroxyl groups is 1. The van der Waals surface area contributed by atoms with Crippen molar-refractivity contribution in [2.45, 2.75) is 26.4 Å². The highest BCUT2D eigenvalue weighted by molar-refractivity contribution is 7.15. The summed E-state index contributed by atoms with van der Waals surface area (Å²) in [6, 6.07) is 5.60. The van der Waals surface area contributed by atoms with Gasteiger partial charge in [-0.05, 0) is 39.0 Å². The van der Waals surface area contributed by atoms with Gasteiger partial charge in [0.2, 0.25) is 0 Å². The number of hydrogen-bond donors (Lipinski definition) is 1. The summed E-state index contributed by atoms with van der Waals surface area (Å²) in [6.07, 6.45) is 0. The van der Waals surface area contributed by atoms with E-state index >= 15 is 0 Å². The molecule has 0 radical (unpaired) electrons. The highest BCUT2D eigenvalue weighted by atomic mass is 32.1. The van der Waals surface area contributed by atoms with E-state index in [0.717, 1.165) is 32.6 Å². The second-order valence-electron chi connectivity index (χ2n) is 5.06. The fourth-order valence-corrected chi connectivity index (χ4v) is 3.15. The van der Waals surface area contributed by atoms with Gasteiger partial charge in [0.05, 0.1) is 36.0 Å². The second-order valence-corrected chi connectivity index (χ2v) is 6.06. The van der Waals surface area contributed by atoms with Crippen molar-refractivity contribution in [1.82, 2.24) is 4.98 Å². The van der Waals surface area contributed by atoms with Gasteiger partial charge >= 0.3 is 0 Å². The number of thiazole rings is 1. The molecule has 0 aliphatic carbocycles. The van der Waals surface area contributed by atoms with E-state index in [1.54, 1.807) is 28.1 Å². The molecule has 0 fully saturated rings. The Labute approximate surface area is 123 Å². The molecule has 0 unspecified atom stereocenters. The molecule has 0 spiro atoms. The maximum Gasteiger partial charge on any atom is 0.129 e. The molecule has 2 aromatic rings. The van der Waals surface area contributed by atoms with Gasteiger partial charge in [0.25, 0.3) is 0 Å². The zero-order chi connectivity index (χ0) is 14.9. The number of aromatic nitrogens is 1. The Morgan fingerprint density at radius 1 is 1.20 bits per heavy atom. The quantitative estimate of drug-likeness (QED) is 0.939. The maximum atomic E-state index is 10.2. The molecule has 0 aliphatic heterocycles. The van der Waals surface area contributed by atoms with Crippen molar-refractivity contribution in [3.8, 4) is 22.1 Å². The summed E-state index contributed by atoms with van der Waals surface area (Å²) >= 11 is 1.47. The first kappa shape index (κ1) is 14.8. The normalized spacial score (nSPS) is 11.5. The maximum absolute atomic E-state index is 10.2. The second kappa shape index (κ2) is 5.42. The van der Waals surface area contributed by atoms with Gasteiger partial charge in [-0.2, -0.15) is 0 Å². The monoisotopic (exact) mass is 293 g/mol. The predicted molar refractivity (Wildman–Crippen MR) is 80.6 cm³/mol. The van der Waals surface area contributed by atoms with Crippen molar-refractivity contribution in [2.75, 3.05) is 14.2 Å². The highest BCUT2D eigenvalue weighted by Crippen LogP contribution is 2.39. The predicted octanol–water partition coefficient (Wildman–Crippen LogP) is 3.36. The van der Waals surface area contributed by atoms with Gasteiger partial charge in [-0.25, -0.2) is 4.98 Å². The summed E-state index contributed by atoms with van der Waals surface area (Å²) in [5, 5.41) is 11.0. The Kier molecular flexibility index (Phi) is 4.01. The average Bonchev–Trinajstić information content (AvgIpc) is 2.80. The van der Waals surface area contributed by atoms with Crippen LogP contribution in [0.15, 0.2) is 18.2 Å². The molecular weight excluding hydrogens is 274 g/mol. The molecule has 1 heterocycles. The fourth-order valence-electron chi connectivity index (χ4n) is 2.06. The highest BCUT2D eigenvalue weighted by Gasteiger charge is 2.24. The number of methoxy groups -OCH3 is 2. The minimum Gasteiger partial charge on any atom is -0.497 e. The lowest BCUT2D eigenvalue weighted by Gasteiger charge is -2.15. The number of benzene rings is 1. The summed E-state index contributed by atoms with van der Waals surface area (Å²) in [6.45, 7) is 5.43. The van der Waals surface area contributed by atoms with Crippen molar-refractivity contribution in [2.24, 2.45) is 0 Å². The van der Waals surface area contributed by atoms with E-state index in [1.807, 2.05) is 25.1 Å². The molecule has 0 atom stereocenters. The molecule has 1 aromatic carbocycles. The van der Waals surface area contributed by atoms with Crippen LogP contribution in [0.5, 0.6) is 11.5 Å². The van der Waals surface area contributed by atoms with Crippen LogP contribution in [0.25, 0.3) is 10.6 Å². The number of hydrogen-bond acceptors (Lipinski definition) is 5. The average molecular weight is 293 g/mol. The Balaban J connectivity index is 2.56. The molecule has 0 saturated carbocycles. The van der Waals surface area contributed by atoms with Gasteiger partial charge in [0.15, 0.2) is 0 Å². The van der Waals surface area contributed by atoms with Crippen LogP contribution < -0.4 is 9.47 Å². The van der Waals surface area contributed by atoms with Crippen LogP contribution in [-0.4, -0.2) is 24.3 Å². The smallest absolute Gasteiger partial charge is 0.129 e. The Hall–Kier alpha value is -1.59. The summed E-state index contributed by atoms with van der Waals surface area (Å²) in [5.41, 5.74) is 0.810. The molecule has 2 rings (SSSR count). The SMILES string of the molecule is COc1ccc(OC)c(-c2nc(C)c(C(C)(C)O)s2)c1. The third kappa shape index (κ3) is 2.78. The number of ether oxygens (including phenoxy) is 2. The van der Waals surface area contributed by atoms with Crippen LogP contribution in [0.4, 0.5) is 0 Å². The molecule has 0 saturated heterocycles. The first-order chi connectivity index (χ1) is 9.36. The molecule has 4 nitrogen and oxygen atoms in total. The zero-order valence-corrected chi connectivity index (χ0v) is 13.2. The number of nitrogens with zero attached hydrogens (tertiary/aromatic N) is 1. The lowest BCUT2D eigenvalue weighted by atomic mass is 10.1. The van der Waals surface area contributed by atoms with E-state index in [-0.39, 0.29) is 0 Å². The molecule has 0 bridgehead atoms. The zero-order valence-electron chi connectivity index (χ0n) is 12.4. The van der Waals surface area contributed by atoms with E-state index in [1.165, 1.54) is 11.3 Å². The first-order valence-corrected chi connectivity index (χ1v) is 7.11. The van der Waals surface area contributed by atoms with E-state index in [2.05, 4.69) is 4.98 Å². The Morgan fingerprint density at radius 2 is 1.90 bits per heavy atom. The summed E-state index contributed by atoms with van der Waals surface area (Å²) in [7, 11) is 3.25. The molecule has 108 valence electrons. The minimum absolute atomic E-state index is 0.738. The molecule has 0 aliphatic rings. The molecular formula is C15H19NO3S. The van der Waals surface area contributed by atoms with Crippen molar-refractivity contribution in [3.63, 3.8) is 0 Å². The number of rotatable bonds is 4. The molecule has 1 aromatic heterocycles. The molecule has 0 amide bonds. The van der Waals surface area contributed by atoms with Crippen molar-refractivity contribution in [1.29, 1.82) is 0 Å². The van der Waals surface area contributed by atoms with Gasteiger partial charge < -0.3 is 14.6 Å². The van der Waals surface area contributed by atoms with Crippen LogP contribution in [0.3, 0.4) is 0 Å². The Bertz CT molecular complexity index is 614. The fraction of sp³-hybridized carbons (Fsp3) is 0.400. The Morgan fingerprint density at radius 3 is 2.40 bits per heavy atom.